The molecule has 0 bridgehead atoms. The van der Waals surface area contributed by atoms with E-state index in [1.165, 1.54) is 19.2 Å². The fourth-order valence-corrected chi connectivity index (χ4v) is 3.24. The van der Waals surface area contributed by atoms with Crippen molar-refractivity contribution < 1.29 is 13.6 Å². The number of carbonyl (C=O) groups is 1. The van der Waals surface area contributed by atoms with Gasteiger partial charge in [-0.1, -0.05) is 31.2 Å². The van der Waals surface area contributed by atoms with Crippen LogP contribution in [0.2, 0.25) is 0 Å². The molecule has 1 aromatic rings. The summed E-state index contributed by atoms with van der Waals surface area (Å²) < 4.78 is 27.1. The molecule has 0 saturated carbocycles. The first kappa shape index (κ1) is 24.9. The van der Waals surface area contributed by atoms with E-state index in [0.29, 0.717) is 37.7 Å². The van der Waals surface area contributed by atoms with Crippen LogP contribution >= 0.6 is 0 Å². The number of rotatable bonds is 6. The lowest BCUT2D eigenvalue weighted by Gasteiger charge is -2.37. The summed E-state index contributed by atoms with van der Waals surface area (Å²) in [6.45, 7) is 6.76. The third-order valence-corrected chi connectivity index (χ3v) is 4.95. The molecular formula is C23H30F2N6O. The maximum absolute atomic E-state index is 13.5. The van der Waals surface area contributed by atoms with Gasteiger partial charge in [0.1, 0.15) is 0 Å². The zero-order chi connectivity index (χ0) is 23.7. The fraction of sp³-hybridized carbons (Fsp3) is 0.435. The Morgan fingerprint density at radius 3 is 2.34 bits per heavy atom. The largest absolute Gasteiger partial charge is 0.353 e. The lowest BCUT2D eigenvalue weighted by molar-refractivity contribution is 0.0175. The second-order valence-electron chi connectivity index (χ2n) is 7.47. The molecule has 1 fully saturated rings. The number of amides is 2. The number of allylic oxidation sites excluding steroid dienone is 2. The summed E-state index contributed by atoms with van der Waals surface area (Å²) >= 11 is 0. The molecule has 1 aliphatic rings. The highest BCUT2D eigenvalue weighted by Gasteiger charge is 2.27. The number of aliphatic imine (C=N–C) groups is 1. The second-order valence-corrected chi connectivity index (χ2v) is 7.47. The molecular weight excluding hydrogens is 414 g/mol. The molecule has 0 atom stereocenters. The molecule has 7 nitrogen and oxygen atoms in total. The number of nitriles is 1. The van der Waals surface area contributed by atoms with Crippen LogP contribution in [-0.4, -0.2) is 59.8 Å². The van der Waals surface area contributed by atoms with E-state index in [4.69, 9.17) is 5.26 Å². The normalized spacial score (nSPS) is 15.7. The summed E-state index contributed by atoms with van der Waals surface area (Å²) in [6.07, 6.45) is 8.08. The average molecular weight is 445 g/mol. The van der Waals surface area contributed by atoms with Gasteiger partial charge in [-0.3, -0.25) is 0 Å². The Morgan fingerprint density at radius 2 is 1.84 bits per heavy atom. The Kier molecular flexibility index (Phi) is 8.76. The number of carbonyl (C=O) groups excluding carboxylic acids is 1. The molecule has 0 spiro atoms. The molecule has 1 saturated heterocycles. The van der Waals surface area contributed by atoms with Gasteiger partial charge in [0, 0.05) is 57.6 Å². The standard InChI is InChI=1S/C23H30F2N6O/c1-5-7-20(28-19-10-8-18(9-11-19)23(3,24)25)21(27-12-6-2)30-13-15-31(16-14-30)22(32)29(4)17-26/h6-12,28H,5,13-16H2,1-4H3/b12-6-,20-7-,27-21-. The predicted octanol–water partition coefficient (Wildman–Crippen LogP) is 4.59. The van der Waals surface area contributed by atoms with Gasteiger partial charge in [0.25, 0.3) is 5.92 Å². The van der Waals surface area contributed by atoms with Crippen LogP contribution in [0.1, 0.15) is 32.8 Å². The summed E-state index contributed by atoms with van der Waals surface area (Å²) in [5.74, 6) is -2.19. The second kappa shape index (κ2) is 11.3. The van der Waals surface area contributed by atoms with Gasteiger partial charge in [-0.05, 0) is 25.5 Å². The van der Waals surface area contributed by atoms with Crippen LogP contribution in [0.3, 0.4) is 0 Å². The van der Waals surface area contributed by atoms with Crippen LogP contribution < -0.4 is 5.32 Å². The maximum atomic E-state index is 13.5. The number of nitrogens with one attached hydrogen (secondary N) is 1. The highest BCUT2D eigenvalue weighted by Crippen LogP contribution is 2.28. The van der Waals surface area contributed by atoms with Crippen LogP contribution in [-0.2, 0) is 5.92 Å². The molecule has 0 unspecified atom stereocenters. The van der Waals surface area contributed by atoms with Crippen LogP contribution in [0.25, 0.3) is 0 Å². The summed E-state index contributed by atoms with van der Waals surface area (Å²) in [4.78, 5) is 21.6. The molecule has 172 valence electrons. The fourth-order valence-electron chi connectivity index (χ4n) is 3.24. The van der Waals surface area contributed by atoms with E-state index in [1.54, 1.807) is 23.2 Å². The zero-order valence-electron chi connectivity index (χ0n) is 19.0. The number of benzene rings is 1. The molecule has 0 aliphatic carbocycles. The molecule has 32 heavy (non-hydrogen) atoms. The molecule has 2 amide bonds. The zero-order valence-corrected chi connectivity index (χ0v) is 19.0. The first-order valence-corrected chi connectivity index (χ1v) is 10.5. The number of hydrogen-bond acceptors (Lipinski definition) is 4. The van der Waals surface area contributed by atoms with Crippen molar-refractivity contribution in [2.45, 2.75) is 33.1 Å². The minimum Gasteiger partial charge on any atom is -0.353 e. The Labute approximate surface area is 188 Å². The van der Waals surface area contributed by atoms with Crippen LogP contribution in [0.15, 0.2) is 53.3 Å². The number of halogens is 2. The smallest absolute Gasteiger partial charge is 0.333 e. The van der Waals surface area contributed by atoms with E-state index in [0.717, 1.165) is 23.9 Å². The van der Waals surface area contributed by atoms with Crippen molar-refractivity contribution in [1.29, 1.82) is 5.26 Å². The SMILES string of the molecule is C\C=C/N=C(/C(=C/CC)Nc1ccc(C(C)(F)F)cc1)N1CCN(C(=O)N(C)C#N)CC1. The Bertz CT molecular complexity index is 904. The van der Waals surface area contributed by atoms with E-state index in [1.807, 2.05) is 32.2 Å². The predicted molar refractivity (Wildman–Crippen MR) is 122 cm³/mol. The molecule has 9 heteroatoms. The third kappa shape index (κ3) is 6.54. The molecule has 1 heterocycles. The van der Waals surface area contributed by atoms with Gasteiger partial charge < -0.3 is 15.1 Å². The van der Waals surface area contributed by atoms with Crippen molar-refractivity contribution in [3.05, 3.63) is 53.9 Å². The Morgan fingerprint density at radius 1 is 1.25 bits per heavy atom. The first-order chi connectivity index (χ1) is 15.2. The minimum atomic E-state index is -2.89. The van der Waals surface area contributed by atoms with E-state index in [9.17, 15) is 13.6 Å². The number of amidine groups is 1. The van der Waals surface area contributed by atoms with E-state index in [-0.39, 0.29) is 11.6 Å². The number of alkyl halides is 2. The van der Waals surface area contributed by atoms with Crippen LogP contribution in [0, 0.1) is 11.5 Å². The lowest BCUT2D eigenvalue weighted by Crippen LogP contribution is -2.53. The van der Waals surface area contributed by atoms with Crippen LogP contribution in [0.4, 0.5) is 19.3 Å². The molecule has 1 aromatic carbocycles. The number of urea groups is 1. The number of anilines is 1. The third-order valence-electron chi connectivity index (χ3n) is 4.95. The van der Waals surface area contributed by atoms with Crippen molar-refractivity contribution in [3.63, 3.8) is 0 Å². The van der Waals surface area contributed by atoms with E-state index >= 15 is 0 Å². The summed E-state index contributed by atoms with van der Waals surface area (Å²) in [7, 11) is 1.44. The van der Waals surface area contributed by atoms with Crippen molar-refractivity contribution in [2.75, 3.05) is 38.5 Å². The van der Waals surface area contributed by atoms with Crippen molar-refractivity contribution in [3.8, 4) is 6.19 Å². The van der Waals surface area contributed by atoms with Crippen LogP contribution in [0.5, 0.6) is 0 Å². The molecule has 1 aliphatic heterocycles. The molecule has 0 aromatic heterocycles. The van der Waals surface area contributed by atoms with Gasteiger partial charge in [0.2, 0.25) is 0 Å². The van der Waals surface area contributed by atoms with Crippen molar-refractivity contribution >= 4 is 17.6 Å². The molecule has 2 rings (SSSR count). The summed E-state index contributed by atoms with van der Waals surface area (Å²) in [5, 5.41) is 12.2. The van der Waals surface area contributed by atoms with E-state index < -0.39 is 5.92 Å². The van der Waals surface area contributed by atoms with Crippen molar-refractivity contribution in [2.24, 2.45) is 4.99 Å². The number of nitrogens with zero attached hydrogens (tertiary/aromatic N) is 5. The first-order valence-electron chi connectivity index (χ1n) is 10.5. The quantitative estimate of drug-likeness (QED) is 0.301. The monoisotopic (exact) mass is 444 g/mol. The summed E-state index contributed by atoms with van der Waals surface area (Å²) in [5.41, 5.74) is 1.39. The number of hydrogen-bond donors (Lipinski definition) is 1. The maximum Gasteiger partial charge on any atom is 0.333 e. The van der Waals surface area contributed by atoms with Gasteiger partial charge in [0.05, 0.1) is 5.70 Å². The number of piperazine rings is 1. The minimum absolute atomic E-state index is 0.0463. The Hall–Kier alpha value is -3.41. The highest BCUT2D eigenvalue weighted by atomic mass is 19.3. The lowest BCUT2D eigenvalue weighted by atomic mass is 10.1. The average Bonchev–Trinajstić information content (AvgIpc) is 2.78. The van der Waals surface area contributed by atoms with E-state index in [2.05, 4.69) is 15.2 Å². The topological polar surface area (TPSA) is 75.0 Å². The van der Waals surface area contributed by atoms with Gasteiger partial charge in [0.15, 0.2) is 12.0 Å². The van der Waals surface area contributed by atoms with Crippen molar-refractivity contribution in [1.82, 2.24) is 14.7 Å². The van der Waals surface area contributed by atoms with Gasteiger partial charge >= 0.3 is 6.03 Å². The molecule has 1 N–H and O–H groups in total. The van der Waals surface area contributed by atoms with Gasteiger partial charge in [-0.25, -0.2) is 23.5 Å². The summed E-state index contributed by atoms with van der Waals surface area (Å²) in [6, 6.07) is 5.74. The van der Waals surface area contributed by atoms with Gasteiger partial charge in [-0.15, -0.1) is 0 Å². The highest BCUT2D eigenvalue weighted by molar-refractivity contribution is 6.01. The van der Waals surface area contributed by atoms with Gasteiger partial charge in [-0.2, -0.15) is 5.26 Å². The Balaban J connectivity index is 2.21. The molecule has 0 radical (unpaired) electrons.